The Morgan fingerprint density at radius 3 is 2.50 bits per heavy atom. The van der Waals surface area contributed by atoms with Crippen LogP contribution in [0.2, 0.25) is 0 Å². The predicted molar refractivity (Wildman–Crippen MR) is 104 cm³/mol. The maximum Gasteiger partial charge on any atom is 0.307 e. The van der Waals surface area contributed by atoms with Gasteiger partial charge in [-0.1, -0.05) is 6.07 Å². The van der Waals surface area contributed by atoms with Gasteiger partial charge in [0, 0.05) is 16.3 Å². The highest BCUT2D eigenvalue weighted by Crippen LogP contribution is 2.20. The Kier molecular flexibility index (Phi) is 7.55. The van der Waals surface area contributed by atoms with Gasteiger partial charge >= 0.3 is 5.97 Å². The number of sulfonamides is 1. The van der Waals surface area contributed by atoms with Crippen LogP contribution in [0.3, 0.4) is 0 Å². The average Bonchev–Trinajstić information content (AvgIpc) is 2.62. The fraction of sp³-hybridized carbons (Fsp3) is 0.222. The fourth-order valence-electron chi connectivity index (χ4n) is 2.18. The Balaban J connectivity index is 1.77. The number of esters is 1. The predicted octanol–water partition coefficient (Wildman–Crippen LogP) is 2.45. The monoisotopic (exact) mass is 426 g/mol. The topological polar surface area (TPSA) is 116 Å². The van der Waals surface area contributed by atoms with Crippen LogP contribution in [0.15, 0.2) is 52.3 Å². The molecule has 0 aliphatic heterocycles. The summed E-state index contributed by atoms with van der Waals surface area (Å²) in [6, 6.07) is 10.1. The van der Waals surface area contributed by atoms with E-state index in [0.29, 0.717) is 11.3 Å². The van der Waals surface area contributed by atoms with Gasteiger partial charge in [0.25, 0.3) is 5.91 Å². The zero-order chi connectivity index (χ0) is 20.7. The van der Waals surface area contributed by atoms with Gasteiger partial charge in [-0.2, -0.15) is 0 Å². The molecule has 0 aliphatic carbocycles. The number of benzene rings is 2. The van der Waals surface area contributed by atoms with Crippen molar-refractivity contribution < 1.29 is 27.1 Å². The second-order valence-electron chi connectivity index (χ2n) is 5.79. The van der Waals surface area contributed by atoms with Crippen LogP contribution in [0.5, 0.6) is 0 Å². The third kappa shape index (κ3) is 6.95. The standard InChI is InChI=1S/C18H19FN2O5S2/c1-12-2-5-14(10-16(12)28(20,24)25)21-17(22)11-26-18(23)8-9-27-15-6-3-13(19)4-7-15/h2-7,10H,8-9,11H2,1H3,(H,21,22)(H2,20,24,25). The Morgan fingerprint density at radius 1 is 1.18 bits per heavy atom. The normalized spacial score (nSPS) is 11.1. The maximum atomic E-state index is 12.8. The van der Waals surface area contributed by atoms with E-state index < -0.39 is 28.5 Å². The fourth-order valence-corrected chi connectivity index (χ4v) is 3.82. The molecule has 0 saturated carbocycles. The molecule has 2 aromatic rings. The average molecular weight is 426 g/mol. The van der Waals surface area contributed by atoms with Gasteiger partial charge in [-0.05, 0) is 48.9 Å². The first-order chi connectivity index (χ1) is 13.1. The molecule has 7 nitrogen and oxygen atoms in total. The maximum absolute atomic E-state index is 12.8. The third-order valence-corrected chi connectivity index (χ3v) is 5.60. The lowest BCUT2D eigenvalue weighted by atomic mass is 10.2. The molecule has 0 radical (unpaired) electrons. The second kappa shape index (κ2) is 9.67. The summed E-state index contributed by atoms with van der Waals surface area (Å²) >= 11 is 1.36. The number of amides is 1. The van der Waals surface area contributed by atoms with E-state index in [1.54, 1.807) is 19.1 Å². The molecule has 10 heteroatoms. The van der Waals surface area contributed by atoms with Crippen LogP contribution in [-0.2, 0) is 24.3 Å². The minimum Gasteiger partial charge on any atom is -0.456 e. The van der Waals surface area contributed by atoms with E-state index in [1.165, 1.54) is 42.1 Å². The molecule has 0 atom stereocenters. The van der Waals surface area contributed by atoms with Gasteiger partial charge in [-0.15, -0.1) is 11.8 Å². The summed E-state index contributed by atoms with van der Waals surface area (Å²) in [6.07, 6.45) is 0.0788. The molecule has 2 aromatic carbocycles. The van der Waals surface area contributed by atoms with E-state index in [2.05, 4.69) is 5.32 Å². The molecular weight excluding hydrogens is 407 g/mol. The number of thioether (sulfide) groups is 1. The molecule has 0 unspecified atom stereocenters. The van der Waals surface area contributed by atoms with Gasteiger partial charge in [0.2, 0.25) is 10.0 Å². The molecule has 3 N–H and O–H groups in total. The van der Waals surface area contributed by atoms with Crippen LogP contribution in [0.4, 0.5) is 10.1 Å². The van der Waals surface area contributed by atoms with Crippen LogP contribution in [0, 0.1) is 12.7 Å². The first kappa shape index (κ1) is 21.9. The largest absolute Gasteiger partial charge is 0.456 e. The van der Waals surface area contributed by atoms with Gasteiger partial charge in [0.05, 0.1) is 11.3 Å². The Labute approximate surface area is 166 Å². The summed E-state index contributed by atoms with van der Waals surface area (Å²) in [4.78, 5) is 24.3. The molecule has 0 saturated heterocycles. The molecular formula is C18H19FN2O5S2. The van der Waals surface area contributed by atoms with E-state index in [1.807, 2.05) is 0 Å². The molecule has 150 valence electrons. The van der Waals surface area contributed by atoms with E-state index in [-0.39, 0.29) is 22.8 Å². The van der Waals surface area contributed by atoms with Crippen molar-refractivity contribution in [2.24, 2.45) is 5.14 Å². The van der Waals surface area contributed by atoms with Crippen molar-refractivity contribution in [1.29, 1.82) is 0 Å². The summed E-state index contributed by atoms with van der Waals surface area (Å²) < 4.78 is 40.7. The number of aryl methyl sites for hydroxylation is 1. The number of carbonyl (C=O) groups is 2. The quantitative estimate of drug-likeness (QED) is 0.495. The van der Waals surface area contributed by atoms with Crippen molar-refractivity contribution in [1.82, 2.24) is 0 Å². The summed E-state index contributed by atoms with van der Waals surface area (Å²) in [5.41, 5.74) is 0.674. The van der Waals surface area contributed by atoms with Gasteiger partial charge in [0.1, 0.15) is 5.82 Å². The van der Waals surface area contributed by atoms with Gasteiger partial charge in [0.15, 0.2) is 6.61 Å². The Morgan fingerprint density at radius 2 is 1.86 bits per heavy atom. The second-order valence-corrected chi connectivity index (χ2v) is 8.48. The van der Waals surface area contributed by atoms with E-state index in [4.69, 9.17) is 9.88 Å². The van der Waals surface area contributed by atoms with Crippen molar-refractivity contribution in [2.45, 2.75) is 23.1 Å². The zero-order valence-corrected chi connectivity index (χ0v) is 16.6. The van der Waals surface area contributed by atoms with Crippen LogP contribution in [-0.4, -0.2) is 32.7 Å². The molecule has 0 heterocycles. The molecule has 28 heavy (non-hydrogen) atoms. The highest BCUT2D eigenvalue weighted by Gasteiger charge is 2.14. The van der Waals surface area contributed by atoms with Crippen molar-refractivity contribution in [2.75, 3.05) is 17.7 Å². The number of carbonyl (C=O) groups excluding carboxylic acids is 2. The molecule has 0 spiro atoms. The van der Waals surface area contributed by atoms with Crippen molar-refractivity contribution in [3.63, 3.8) is 0 Å². The number of nitrogens with two attached hydrogens (primary N) is 1. The van der Waals surface area contributed by atoms with E-state index >= 15 is 0 Å². The first-order valence-corrected chi connectivity index (χ1v) is 10.7. The van der Waals surface area contributed by atoms with Crippen molar-refractivity contribution in [3.8, 4) is 0 Å². The third-order valence-electron chi connectivity index (χ3n) is 3.53. The number of nitrogens with one attached hydrogen (secondary N) is 1. The number of anilines is 1. The molecule has 1 amide bonds. The molecule has 0 aromatic heterocycles. The van der Waals surface area contributed by atoms with Gasteiger partial charge in [-0.3, -0.25) is 9.59 Å². The number of primary sulfonamides is 1. The number of rotatable bonds is 8. The first-order valence-electron chi connectivity index (χ1n) is 8.12. The number of halogens is 1. The Bertz CT molecular complexity index is 962. The molecule has 2 rings (SSSR count). The summed E-state index contributed by atoms with van der Waals surface area (Å²) in [5, 5.41) is 7.57. The highest BCUT2D eigenvalue weighted by molar-refractivity contribution is 7.99. The lowest BCUT2D eigenvalue weighted by Crippen LogP contribution is -2.21. The lowest BCUT2D eigenvalue weighted by molar-refractivity contribution is -0.146. The summed E-state index contributed by atoms with van der Waals surface area (Å²) in [7, 11) is -3.91. The zero-order valence-electron chi connectivity index (χ0n) is 15.0. The van der Waals surface area contributed by atoms with Crippen LogP contribution < -0.4 is 10.5 Å². The minimum atomic E-state index is -3.91. The van der Waals surface area contributed by atoms with E-state index in [0.717, 1.165) is 4.90 Å². The molecule has 0 fully saturated rings. The molecule has 0 aliphatic rings. The van der Waals surface area contributed by atoms with Crippen LogP contribution in [0.25, 0.3) is 0 Å². The van der Waals surface area contributed by atoms with Crippen molar-refractivity contribution >= 4 is 39.3 Å². The highest BCUT2D eigenvalue weighted by atomic mass is 32.2. The van der Waals surface area contributed by atoms with Crippen LogP contribution in [0.1, 0.15) is 12.0 Å². The number of hydrogen-bond acceptors (Lipinski definition) is 6. The number of hydrogen-bond donors (Lipinski definition) is 2. The lowest BCUT2D eigenvalue weighted by Gasteiger charge is -2.09. The SMILES string of the molecule is Cc1ccc(NC(=O)COC(=O)CCSc2ccc(F)cc2)cc1S(N)(=O)=O. The van der Waals surface area contributed by atoms with E-state index in [9.17, 15) is 22.4 Å². The number of ether oxygens (including phenoxy) is 1. The van der Waals surface area contributed by atoms with Crippen LogP contribution >= 0.6 is 11.8 Å². The minimum absolute atomic E-state index is 0.0788. The van der Waals surface area contributed by atoms with Crippen molar-refractivity contribution in [3.05, 3.63) is 53.8 Å². The Hall–Kier alpha value is -2.43. The summed E-state index contributed by atoms with van der Waals surface area (Å²) in [5.74, 6) is -1.08. The smallest absolute Gasteiger partial charge is 0.307 e. The van der Waals surface area contributed by atoms with Gasteiger partial charge in [-0.25, -0.2) is 17.9 Å². The molecule has 0 bridgehead atoms. The summed E-state index contributed by atoms with van der Waals surface area (Å²) in [6.45, 7) is 1.08. The van der Waals surface area contributed by atoms with Gasteiger partial charge < -0.3 is 10.1 Å².